The number of rotatable bonds is 8. The Kier molecular flexibility index (Phi) is 7.53. The topological polar surface area (TPSA) is 130 Å². The minimum Gasteiger partial charge on any atom is -0.481 e. The van der Waals surface area contributed by atoms with Gasteiger partial charge in [0, 0.05) is 16.6 Å². The minimum atomic E-state index is -1.53. The van der Waals surface area contributed by atoms with E-state index in [-0.39, 0.29) is 12.8 Å². The van der Waals surface area contributed by atoms with Gasteiger partial charge in [0.15, 0.2) is 0 Å². The molecular formula is C21H22ClFN2O5. The highest BCUT2D eigenvalue weighted by atomic mass is 35.5. The Hall–Kier alpha value is -2.97. The number of carbonyl (C=O) groups excluding carboxylic acids is 2. The maximum atomic E-state index is 14.1. The Bertz CT molecular complexity index is 951. The average molecular weight is 437 g/mol. The molecule has 2 rings (SSSR count). The highest BCUT2D eigenvalue weighted by molar-refractivity contribution is 6.34. The summed E-state index contributed by atoms with van der Waals surface area (Å²) in [7, 11) is 0. The van der Waals surface area contributed by atoms with Gasteiger partial charge in [-0.1, -0.05) is 35.9 Å². The second kappa shape index (κ2) is 9.69. The van der Waals surface area contributed by atoms with E-state index in [0.29, 0.717) is 21.7 Å². The van der Waals surface area contributed by atoms with Crippen molar-refractivity contribution < 1.29 is 29.0 Å². The van der Waals surface area contributed by atoms with Crippen molar-refractivity contribution in [2.24, 2.45) is 11.1 Å². The van der Waals surface area contributed by atoms with E-state index < -0.39 is 41.7 Å². The fourth-order valence-electron chi connectivity index (χ4n) is 3.02. The van der Waals surface area contributed by atoms with Crippen LogP contribution in [0, 0.1) is 11.2 Å². The van der Waals surface area contributed by atoms with Crippen molar-refractivity contribution in [1.29, 1.82) is 0 Å². The van der Waals surface area contributed by atoms with Crippen molar-refractivity contribution in [3.8, 4) is 11.1 Å². The fraction of sp³-hybridized carbons (Fsp3) is 0.286. The van der Waals surface area contributed by atoms with Gasteiger partial charge in [-0.15, -0.1) is 0 Å². The molecule has 160 valence electrons. The van der Waals surface area contributed by atoms with E-state index in [1.165, 1.54) is 25.1 Å². The van der Waals surface area contributed by atoms with Gasteiger partial charge in [-0.25, -0.2) is 4.39 Å². The first-order valence-corrected chi connectivity index (χ1v) is 9.42. The third-order valence-electron chi connectivity index (χ3n) is 4.80. The first kappa shape index (κ1) is 23.3. The summed E-state index contributed by atoms with van der Waals surface area (Å²) < 4.78 is 14.1. The Morgan fingerprint density at radius 2 is 1.83 bits per heavy atom. The standard InChI is InChI=1S/C21H22ClFN2O5/c1-21(11-26,20(29)30)10-15(25-19(28)18(24)27)8-12-2-4-13(5-3-12)16-9-14(22)6-7-17(16)23/h2-7,9,15,26H,8,10-11H2,1H3,(H2,24,27)(H,25,28)(H,29,30)/t15-,21+/m1/s1. The first-order chi connectivity index (χ1) is 14.1. The number of benzene rings is 2. The van der Waals surface area contributed by atoms with Gasteiger partial charge in [0.1, 0.15) is 5.82 Å². The van der Waals surface area contributed by atoms with Crippen molar-refractivity contribution in [2.45, 2.75) is 25.8 Å². The smallest absolute Gasteiger partial charge is 0.311 e. The van der Waals surface area contributed by atoms with E-state index in [2.05, 4.69) is 5.32 Å². The van der Waals surface area contributed by atoms with Crippen LogP contribution in [-0.4, -0.2) is 40.6 Å². The van der Waals surface area contributed by atoms with Gasteiger partial charge < -0.3 is 21.3 Å². The molecule has 0 aliphatic rings. The zero-order valence-corrected chi connectivity index (χ0v) is 16.9. The molecule has 9 heteroatoms. The largest absolute Gasteiger partial charge is 0.481 e. The number of aliphatic hydroxyl groups excluding tert-OH is 1. The number of aliphatic carboxylic acids is 1. The number of aliphatic hydroxyl groups is 1. The van der Waals surface area contributed by atoms with Crippen molar-refractivity contribution in [1.82, 2.24) is 5.32 Å². The number of carbonyl (C=O) groups is 3. The fourth-order valence-corrected chi connectivity index (χ4v) is 3.19. The number of carboxylic acid groups (broad SMARTS) is 1. The van der Waals surface area contributed by atoms with E-state index in [9.17, 15) is 29.0 Å². The molecular weight excluding hydrogens is 415 g/mol. The zero-order chi connectivity index (χ0) is 22.5. The Labute approximate surface area is 177 Å². The lowest BCUT2D eigenvalue weighted by molar-refractivity contribution is -0.151. The van der Waals surface area contributed by atoms with Crippen LogP contribution in [0.25, 0.3) is 11.1 Å². The maximum absolute atomic E-state index is 14.1. The Morgan fingerprint density at radius 1 is 1.20 bits per heavy atom. The molecule has 0 bridgehead atoms. The molecule has 0 fully saturated rings. The minimum absolute atomic E-state index is 0.136. The zero-order valence-electron chi connectivity index (χ0n) is 16.2. The quantitative estimate of drug-likeness (QED) is 0.471. The molecule has 0 spiro atoms. The summed E-state index contributed by atoms with van der Waals surface area (Å²) in [6.45, 7) is 0.683. The molecule has 2 amide bonds. The number of nitrogens with one attached hydrogen (secondary N) is 1. The van der Waals surface area contributed by atoms with Crippen LogP contribution in [0.1, 0.15) is 18.9 Å². The molecule has 0 aromatic heterocycles. The normalized spacial score (nSPS) is 13.9. The summed E-state index contributed by atoms with van der Waals surface area (Å²) in [6.07, 6.45) is 0.0305. The second-order valence-electron chi connectivity index (χ2n) is 7.29. The second-order valence-corrected chi connectivity index (χ2v) is 7.72. The molecule has 0 saturated carbocycles. The average Bonchev–Trinajstić information content (AvgIpc) is 2.70. The summed E-state index contributed by atoms with van der Waals surface area (Å²) in [6, 6.07) is 10.1. The van der Waals surface area contributed by atoms with Gasteiger partial charge in [0.05, 0.1) is 12.0 Å². The van der Waals surface area contributed by atoms with E-state index in [1.54, 1.807) is 24.3 Å². The monoisotopic (exact) mass is 436 g/mol. The van der Waals surface area contributed by atoms with Crippen LogP contribution < -0.4 is 11.1 Å². The number of carboxylic acids is 1. The lowest BCUT2D eigenvalue weighted by atomic mass is 9.82. The van der Waals surface area contributed by atoms with Crippen LogP contribution in [0.3, 0.4) is 0 Å². The van der Waals surface area contributed by atoms with Crippen LogP contribution in [0.5, 0.6) is 0 Å². The number of hydrogen-bond donors (Lipinski definition) is 4. The summed E-state index contributed by atoms with van der Waals surface area (Å²) in [4.78, 5) is 34.4. The third kappa shape index (κ3) is 5.77. The highest BCUT2D eigenvalue weighted by Crippen LogP contribution is 2.28. The van der Waals surface area contributed by atoms with Gasteiger partial charge in [-0.2, -0.15) is 0 Å². The van der Waals surface area contributed by atoms with E-state index >= 15 is 0 Å². The molecule has 7 nitrogen and oxygen atoms in total. The van der Waals surface area contributed by atoms with E-state index in [1.807, 2.05) is 0 Å². The number of hydrogen-bond acceptors (Lipinski definition) is 4. The number of amides is 2. The predicted octanol–water partition coefficient (Wildman–Crippen LogP) is 2.13. The molecule has 0 saturated heterocycles. The van der Waals surface area contributed by atoms with E-state index in [4.69, 9.17) is 17.3 Å². The Morgan fingerprint density at radius 3 is 2.37 bits per heavy atom. The third-order valence-corrected chi connectivity index (χ3v) is 5.03. The molecule has 0 heterocycles. The van der Waals surface area contributed by atoms with Gasteiger partial charge in [0.2, 0.25) is 0 Å². The molecule has 0 unspecified atom stereocenters. The summed E-state index contributed by atoms with van der Waals surface area (Å²) in [5.41, 5.74) is 5.06. The molecule has 30 heavy (non-hydrogen) atoms. The molecule has 2 aromatic rings. The van der Waals surface area contributed by atoms with E-state index in [0.717, 1.165) is 0 Å². The van der Waals surface area contributed by atoms with Crippen LogP contribution in [0.4, 0.5) is 4.39 Å². The van der Waals surface area contributed by atoms with Crippen LogP contribution in [-0.2, 0) is 20.8 Å². The number of nitrogens with two attached hydrogens (primary N) is 1. The van der Waals surface area contributed by atoms with Crippen molar-refractivity contribution in [2.75, 3.05) is 6.61 Å². The molecule has 0 aliphatic carbocycles. The van der Waals surface area contributed by atoms with Crippen molar-refractivity contribution >= 4 is 29.4 Å². The first-order valence-electron chi connectivity index (χ1n) is 9.04. The number of primary amides is 1. The van der Waals surface area contributed by atoms with Gasteiger partial charge in [0.25, 0.3) is 0 Å². The molecule has 0 aliphatic heterocycles. The molecule has 2 aromatic carbocycles. The maximum Gasteiger partial charge on any atom is 0.311 e. The predicted molar refractivity (Wildman–Crippen MR) is 109 cm³/mol. The van der Waals surface area contributed by atoms with Gasteiger partial charge >= 0.3 is 17.8 Å². The lowest BCUT2D eigenvalue weighted by Crippen LogP contribution is -2.47. The molecule has 2 atom stereocenters. The Balaban J connectivity index is 2.26. The summed E-state index contributed by atoms with van der Waals surface area (Å²) in [5.74, 6) is -3.93. The van der Waals surface area contributed by atoms with Crippen LogP contribution in [0.15, 0.2) is 42.5 Å². The molecule has 0 radical (unpaired) electrons. The summed E-state index contributed by atoms with van der Waals surface area (Å²) in [5, 5.41) is 21.7. The van der Waals surface area contributed by atoms with Gasteiger partial charge in [-0.3, -0.25) is 14.4 Å². The van der Waals surface area contributed by atoms with Crippen LogP contribution >= 0.6 is 11.6 Å². The number of halogens is 2. The van der Waals surface area contributed by atoms with Crippen molar-refractivity contribution in [3.63, 3.8) is 0 Å². The SMILES string of the molecule is C[C@@](CO)(C[C@@H](Cc1ccc(-c2cc(Cl)ccc2F)cc1)NC(=O)C(N)=O)C(=O)O. The van der Waals surface area contributed by atoms with Crippen molar-refractivity contribution in [3.05, 3.63) is 58.9 Å². The molecule has 5 N–H and O–H groups in total. The lowest BCUT2D eigenvalue weighted by Gasteiger charge is -2.28. The van der Waals surface area contributed by atoms with Crippen LogP contribution in [0.2, 0.25) is 5.02 Å². The van der Waals surface area contributed by atoms with Gasteiger partial charge in [-0.05, 0) is 49.1 Å². The highest BCUT2D eigenvalue weighted by Gasteiger charge is 2.36. The summed E-state index contributed by atoms with van der Waals surface area (Å²) >= 11 is 5.93.